The molecule has 0 fully saturated rings. The van der Waals surface area contributed by atoms with Gasteiger partial charge in [0.05, 0.1) is 5.69 Å². The molecule has 1 aliphatic rings. The van der Waals surface area contributed by atoms with E-state index in [0.29, 0.717) is 28.7 Å². The fraction of sp³-hybridized carbons (Fsp3) is 0.0667. The van der Waals surface area contributed by atoms with Crippen molar-refractivity contribution < 1.29 is 14.6 Å². The topological polar surface area (TPSA) is 95.4 Å². The number of hydrogen-bond donors (Lipinski definition) is 2. The summed E-state index contributed by atoms with van der Waals surface area (Å²) in [6.45, 7) is 0.213. The van der Waals surface area contributed by atoms with Crippen molar-refractivity contribution in [1.82, 2.24) is 15.0 Å². The van der Waals surface area contributed by atoms with Gasteiger partial charge in [-0.3, -0.25) is 0 Å². The van der Waals surface area contributed by atoms with Crippen molar-refractivity contribution >= 4 is 5.82 Å². The van der Waals surface area contributed by atoms with Crippen molar-refractivity contribution in [2.24, 2.45) is 0 Å². The van der Waals surface area contributed by atoms with Crippen molar-refractivity contribution in [1.29, 1.82) is 0 Å². The Morgan fingerprint density at radius 2 is 1.95 bits per heavy atom. The Morgan fingerprint density at radius 3 is 2.82 bits per heavy atom. The van der Waals surface area contributed by atoms with E-state index in [9.17, 15) is 5.11 Å². The lowest BCUT2D eigenvalue weighted by Crippen LogP contribution is -2.02. The number of benzene rings is 2. The second-order valence-electron chi connectivity index (χ2n) is 4.82. The smallest absolute Gasteiger partial charge is 0.231 e. The van der Waals surface area contributed by atoms with Crippen LogP contribution in [-0.4, -0.2) is 26.9 Å². The molecule has 110 valence electrons. The van der Waals surface area contributed by atoms with Gasteiger partial charge in [-0.25, -0.2) is 0 Å². The number of nitrogens with zero attached hydrogens (tertiary/aromatic N) is 3. The van der Waals surface area contributed by atoms with Gasteiger partial charge in [-0.2, -0.15) is 4.68 Å². The van der Waals surface area contributed by atoms with Crippen LogP contribution in [0.5, 0.6) is 17.2 Å². The summed E-state index contributed by atoms with van der Waals surface area (Å²) in [5.74, 6) is 1.87. The molecule has 0 aliphatic carbocycles. The first kappa shape index (κ1) is 12.5. The van der Waals surface area contributed by atoms with Crippen LogP contribution in [0.1, 0.15) is 0 Å². The number of rotatable bonds is 2. The van der Waals surface area contributed by atoms with E-state index in [-0.39, 0.29) is 12.5 Å². The first-order valence-corrected chi connectivity index (χ1v) is 6.63. The Balaban J connectivity index is 1.78. The summed E-state index contributed by atoms with van der Waals surface area (Å²) in [6.07, 6.45) is 0. The van der Waals surface area contributed by atoms with Gasteiger partial charge in [0.25, 0.3) is 0 Å². The van der Waals surface area contributed by atoms with Gasteiger partial charge in [-0.15, -0.1) is 5.10 Å². The van der Waals surface area contributed by atoms with Crippen LogP contribution in [-0.2, 0) is 0 Å². The molecular formula is C15H12N4O3. The van der Waals surface area contributed by atoms with Crippen LogP contribution < -0.4 is 15.2 Å². The lowest BCUT2D eigenvalue weighted by atomic mass is 10.1. The predicted octanol–water partition coefficient (Wildman–Crippen LogP) is 1.95. The van der Waals surface area contributed by atoms with Crippen LogP contribution in [0.3, 0.4) is 0 Å². The minimum absolute atomic E-state index is 0.136. The summed E-state index contributed by atoms with van der Waals surface area (Å²) in [5.41, 5.74) is 8.11. The number of ether oxygens (including phenoxy) is 2. The fourth-order valence-electron chi connectivity index (χ4n) is 2.35. The van der Waals surface area contributed by atoms with E-state index in [1.165, 1.54) is 4.68 Å². The van der Waals surface area contributed by atoms with Crippen LogP contribution in [0.2, 0.25) is 0 Å². The van der Waals surface area contributed by atoms with Gasteiger partial charge in [0.2, 0.25) is 6.79 Å². The summed E-state index contributed by atoms with van der Waals surface area (Å²) in [4.78, 5) is 0. The Bertz CT molecular complexity index is 860. The van der Waals surface area contributed by atoms with E-state index in [2.05, 4.69) is 10.3 Å². The molecule has 0 spiro atoms. The number of phenolic OH excluding ortho intramolecular Hbond substituents is 1. The molecule has 0 atom stereocenters. The normalized spacial score (nSPS) is 12.5. The van der Waals surface area contributed by atoms with Gasteiger partial charge < -0.3 is 20.3 Å². The molecule has 0 amide bonds. The summed E-state index contributed by atoms with van der Waals surface area (Å²) < 4.78 is 12.1. The Labute approximate surface area is 125 Å². The average Bonchev–Trinajstić information content (AvgIpc) is 3.12. The molecule has 0 saturated heterocycles. The quantitative estimate of drug-likeness (QED) is 0.750. The third-order valence-corrected chi connectivity index (χ3v) is 3.43. The van der Waals surface area contributed by atoms with Gasteiger partial charge in [0, 0.05) is 11.6 Å². The van der Waals surface area contributed by atoms with E-state index < -0.39 is 0 Å². The fourth-order valence-corrected chi connectivity index (χ4v) is 2.35. The van der Waals surface area contributed by atoms with Crippen LogP contribution in [0.4, 0.5) is 5.82 Å². The molecule has 3 N–H and O–H groups in total. The molecular weight excluding hydrogens is 284 g/mol. The zero-order valence-corrected chi connectivity index (χ0v) is 11.4. The van der Waals surface area contributed by atoms with Crippen LogP contribution >= 0.6 is 0 Å². The van der Waals surface area contributed by atoms with Crippen molar-refractivity contribution in [3.8, 4) is 34.2 Å². The first-order chi connectivity index (χ1) is 10.7. The monoisotopic (exact) mass is 296 g/mol. The molecule has 0 saturated carbocycles. The number of hydrogen-bond acceptors (Lipinski definition) is 6. The van der Waals surface area contributed by atoms with Crippen LogP contribution in [0.15, 0.2) is 42.5 Å². The van der Waals surface area contributed by atoms with E-state index in [1.54, 1.807) is 24.3 Å². The average molecular weight is 296 g/mol. The van der Waals surface area contributed by atoms with E-state index >= 15 is 0 Å². The maximum atomic E-state index is 9.56. The van der Waals surface area contributed by atoms with Crippen molar-refractivity contribution in [3.05, 3.63) is 42.5 Å². The lowest BCUT2D eigenvalue weighted by Gasteiger charge is -2.04. The summed E-state index contributed by atoms with van der Waals surface area (Å²) >= 11 is 0. The number of phenols is 1. The van der Waals surface area contributed by atoms with E-state index in [4.69, 9.17) is 15.2 Å². The van der Waals surface area contributed by atoms with Gasteiger partial charge in [-0.05, 0) is 30.3 Å². The molecule has 0 bridgehead atoms. The zero-order valence-electron chi connectivity index (χ0n) is 11.4. The molecule has 2 aromatic carbocycles. The van der Waals surface area contributed by atoms with Crippen molar-refractivity contribution in [2.45, 2.75) is 0 Å². The van der Waals surface area contributed by atoms with Crippen LogP contribution in [0, 0.1) is 0 Å². The van der Waals surface area contributed by atoms with Gasteiger partial charge in [-0.1, -0.05) is 11.3 Å². The largest absolute Gasteiger partial charge is 0.508 e. The van der Waals surface area contributed by atoms with Crippen molar-refractivity contribution in [3.63, 3.8) is 0 Å². The first-order valence-electron chi connectivity index (χ1n) is 6.63. The molecule has 4 rings (SSSR count). The second kappa shape index (κ2) is 4.66. The number of nitrogen functional groups attached to an aromatic ring is 1. The summed E-state index contributed by atoms with van der Waals surface area (Å²) in [5, 5.41) is 17.7. The highest BCUT2D eigenvalue weighted by molar-refractivity contribution is 5.73. The number of fused-ring (bicyclic) bond motifs is 1. The minimum Gasteiger partial charge on any atom is -0.508 e. The van der Waals surface area contributed by atoms with E-state index in [1.807, 2.05) is 18.2 Å². The molecule has 22 heavy (non-hydrogen) atoms. The lowest BCUT2D eigenvalue weighted by molar-refractivity contribution is 0.174. The Hall–Kier alpha value is -3.22. The third kappa shape index (κ3) is 1.91. The Kier molecular flexibility index (Phi) is 2.65. The number of aromatic hydroxyl groups is 1. The number of anilines is 1. The molecule has 3 aromatic rings. The van der Waals surface area contributed by atoms with E-state index in [0.717, 1.165) is 5.56 Å². The highest BCUT2D eigenvalue weighted by Crippen LogP contribution is 2.37. The number of nitrogens with two attached hydrogens (primary N) is 1. The Morgan fingerprint density at radius 1 is 1.09 bits per heavy atom. The van der Waals surface area contributed by atoms with Crippen molar-refractivity contribution in [2.75, 3.05) is 12.5 Å². The minimum atomic E-state index is 0.136. The standard InChI is InChI=1S/C15H12N4O3/c16-15-14(9-4-5-12-13(6-9)22-8-21-12)17-18-19(15)10-2-1-3-11(20)7-10/h1-7,20H,8,16H2. The van der Waals surface area contributed by atoms with Crippen LogP contribution in [0.25, 0.3) is 16.9 Å². The summed E-state index contributed by atoms with van der Waals surface area (Å²) in [6, 6.07) is 12.1. The molecule has 7 nitrogen and oxygen atoms in total. The molecule has 2 heterocycles. The molecule has 0 unspecified atom stereocenters. The highest BCUT2D eigenvalue weighted by atomic mass is 16.7. The highest BCUT2D eigenvalue weighted by Gasteiger charge is 2.18. The summed E-state index contributed by atoms with van der Waals surface area (Å²) in [7, 11) is 0. The maximum absolute atomic E-state index is 9.56. The molecule has 7 heteroatoms. The van der Waals surface area contributed by atoms with Gasteiger partial charge in [0.1, 0.15) is 11.4 Å². The molecule has 0 radical (unpaired) electrons. The third-order valence-electron chi connectivity index (χ3n) is 3.43. The zero-order chi connectivity index (χ0) is 15.1. The molecule has 1 aliphatic heterocycles. The van der Waals surface area contributed by atoms with Gasteiger partial charge in [0.15, 0.2) is 17.3 Å². The molecule has 1 aromatic heterocycles. The SMILES string of the molecule is Nc1c(-c2ccc3c(c2)OCO3)nnn1-c1cccc(O)c1. The second-order valence-corrected chi connectivity index (χ2v) is 4.82. The predicted molar refractivity (Wildman–Crippen MR) is 79.0 cm³/mol. The van der Waals surface area contributed by atoms with Gasteiger partial charge >= 0.3 is 0 Å². The maximum Gasteiger partial charge on any atom is 0.231 e. The number of aromatic nitrogens is 3.